The summed E-state index contributed by atoms with van der Waals surface area (Å²) in [4.78, 5) is 4.19. The molecular weight excluding hydrogens is 234 g/mol. The maximum atomic E-state index is 5.72. The van der Waals surface area contributed by atoms with Crippen molar-refractivity contribution in [2.45, 2.75) is 71.3 Å². The highest BCUT2D eigenvalue weighted by molar-refractivity contribution is 5.26. The van der Waals surface area contributed by atoms with Crippen molar-refractivity contribution in [1.29, 1.82) is 0 Å². The first-order valence-electron chi connectivity index (χ1n) is 7.72. The number of hydrogen-bond donors (Lipinski definition) is 2. The minimum absolute atomic E-state index is 0.268. The molecule has 0 bridgehead atoms. The van der Waals surface area contributed by atoms with Gasteiger partial charge in [0, 0.05) is 18.4 Å². The van der Waals surface area contributed by atoms with Crippen molar-refractivity contribution in [3.8, 4) is 0 Å². The van der Waals surface area contributed by atoms with E-state index in [0.717, 1.165) is 12.8 Å². The molecule has 19 heavy (non-hydrogen) atoms. The fraction of sp³-hybridized carbons (Fsp3) is 0.688. The second-order valence-corrected chi connectivity index (χ2v) is 5.20. The molecule has 3 N–H and O–H groups in total. The van der Waals surface area contributed by atoms with Gasteiger partial charge in [0.25, 0.3) is 0 Å². The molecule has 3 nitrogen and oxygen atoms in total. The first kappa shape index (κ1) is 16.1. The summed E-state index contributed by atoms with van der Waals surface area (Å²) in [5, 5.41) is 0. The van der Waals surface area contributed by atoms with Crippen molar-refractivity contribution < 1.29 is 0 Å². The van der Waals surface area contributed by atoms with E-state index in [0.29, 0.717) is 0 Å². The fourth-order valence-corrected chi connectivity index (χ4v) is 2.53. The Hall–Kier alpha value is -0.930. The second kappa shape index (κ2) is 9.93. The summed E-state index contributed by atoms with van der Waals surface area (Å²) in [6.45, 7) is 4.42. The summed E-state index contributed by atoms with van der Waals surface area (Å²) < 4.78 is 0. The molecule has 0 saturated carbocycles. The number of hydrogen-bond acceptors (Lipinski definition) is 3. The van der Waals surface area contributed by atoms with Gasteiger partial charge in [0.2, 0.25) is 0 Å². The Morgan fingerprint density at radius 1 is 1.16 bits per heavy atom. The van der Waals surface area contributed by atoms with Crippen molar-refractivity contribution in [2.24, 2.45) is 5.84 Å². The molecule has 1 heterocycles. The molecule has 1 atom stereocenters. The Kier molecular flexibility index (Phi) is 8.43. The van der Waals surface area contributed by atoms with E-state index < -0.39 is 0 Å². The van der Waals surface area contributed by atoms with Crippen molar-refractivity contribution in [1.82, 2.24) is 10.4 Å². The molecule has 0 aliphatic rings. The molecule has 1 rings (SSSR count). The molecular formula is C16H29N3. The van der Waals surface area contributed by atoms with Crippen LogP contribution in [0.15, 0.2) is 18.5 Å². The number of rotatable bonds is 10. The lowest BCUT2D eigenvalue weighted by Gasteiger charge is -2.19. The highest BCUT2D eigenvalue weighted by Gasteiger charge is 2.12. The molecule has 0 fully saturated rings. The lowest BCUT2D eigenvalue weighted by atomic mass is 9.96. The number of hydrazine groups is 1. The van der Waals surface area contributed by atoms with Gasteiger partial charge in [-0.3, -0.25) is 16.3 Å². The van der Waals surface area contributed by atoms with E-state index in [-0.39, 0.29) is 6.04 Å². The van der Waals surface area contributed by atoms with Gasteiger partial charge >= 0.3 is 0 Å². The number of unbranched alkanes of at least 4 members (excludes halogenated alkanes) is 5. The van der Waals surface area contributed by atoms with Crippen molar-refractivity contribution in [2.75, 3.05) is 0 Å². The molecule has 0 saturated heterocycles. The molecule has 1 unspecified atom stereocenters. The number of nitrogens with zero attached hydrogens (tertiary/aromatic N) is 1. The number of aromatic nitrogens is 1. The van der Waals surface area contributed by atoms with Gasteiger partial charge in [-0.1, -0.05) is 52.4 Å². The van der Waals surface area contributed by atoms with Crippen LogP contribution in [0.25, 0.3) is 0 Å². The van der Waals surface area contributed by atoms with Gasteiger partial charge in [0.15, 0.2) is 0 Å². The zero-order valence-electron chi connectivity index (χ0n) is 12.5. The summed E-state index contributed by atoms with van der Waals surface area (Å²) in [6, 6.07) is 2.37. The normalized spacial score (nSPS) is 12.6. The zero-order chi connectivity index (χ0) is 13.9. The lowest BCUT2D eigenvalue weighted by molar-refractivity contribution is 0.474. The van der Waals surface area contributed by atoms with Crippen LogP contribution >= 0.6 is 0 Å². The number of pyridine rings is 1. The molecule has 1 aromatic heterocycles. The van der Waals surface area contributed by atoms with Gasteiger partial charge in [-0.05, 0) is 30.0 Å². The zero-order valence-corrected chi connectivity index (χ0v) is 12.5. The van der Waals surface area contributed by atoms with Crippen LogP contribution in [0.4, 0.5) is 0 Å². The highest BCUT2D eigenvalue weighted by Crippen LogP contribution is 2.22. The third-order valence-corrected chi connectivity index (χ3v) is 3.75. The van der Waals surface area contributed by atoms with E-state index in [1.807, 2.05) is 12.4 Å². The fourth-order valence-electron chi connectivity index (χ4n) is 2.53. The van der Waals surface area contributed by atoms with E-state index in [4.69, 9.17) is 5.84 Å². The molecule has 0 spiro atoms. The third-order valence-electron chi connectivity index (χ3n) is 3.75. The first-order valence-corrected chi connectivity index (χ1v) is 7.72. The maximum Gasteiger partial charge on any atom is 0.0463 e. The molecule has 0 aromatic carbocycles. The van der Waals surface area contributed by atoms with Crippen LogP contribution in [0.1, 0.15) is 76.0 Å². The van der Waals surface area contributed by atoms with Gasteiger partial charge in [-0.15, -0.1) is 0 Å². The maximum absolute atomic E-state index is 5.72. The van der Waals surface area contributed by atoms with Gasteiger partial charge in [-0.25, -0.2) is 0 Å². The quantitative estimate of drug-likeness (QED) is 0.382. The molecule has 0 radical (unpaired) electrons. The molecule has 108 valence electrons. The van der Waals surface area contributed by atoms with Crippen LogP contribution in [0.2, 0.25) is 0 Å². The Bertz CT molecular complexity index is 339. The van der Waals surface area contributed by atoms with Gasteiger partial charge in [0.05, 0.1) is 0 Å². The Labute approximate surface area is 118 Å². The van der Waals surface area contributed by atoms with Crippen molar-refractivity contribution >= 4 is 0 Å². The average Bonchev–Trinajstić information content (AvgIpc) is 2.47. The number of aryl methyl sites for hydroxylation is 1. The van der Waals surface area contributed by atoms with Crippen molar-refractivity contribution in [3.05, 3.63) is 29.6 Å². The minimum atomic E-state index is 0.268. The molecule has 0 amide bonds. The van der Waals surface area contributed by atoms with Crippen LogP contribution in [0.5, 0.6) is 0 Å². The Morgan fingerprint density at radius 2 is 1.89 bits per heavy atom. The largest absolute Gasteiger partial charge is 0.271 e. The van der Waals surface area contributed by atoms with E-state index in [2.05, 4.69) is 30.3 Å². The number of nitrogens with two attached hydrogens (primary N) is 1. The monoisotopic (exact) mass is 263 g/mol. The second-order valence-electron chi connectivity index (χ2n) is 5.20. The summed E-state index contributed by atoms with van der Waals surface area (Å²) in [5.41, 5.74) is 5.58. The van der Waals surface area contributed by atoms with Crippen LogP contribution in [0.3, 0.4) is 0 Å². The third kappa shape index (κ3) is 5.70. The average molecular weight is 263 g/mol. The Morgan fingerprint density at radius 3 is 2.58 bits per heavy atom. The predicted molar refractivity (Wildman–Crippen MR) is 81.7 cm³/mol. The predicted octanol–water partition coefficient (Wildman–Crippen LogP) is 3.90. The van der Waals surface area contributed by atoms with Crippen molar-refractivity contribution in [3.63, 3.8) is 0 Å². The lowest BCUT2D eigenvalue weighted by Crippen LogP contribution is -2.28. The standard InChI is InChI=1S/C16H29N3/c1-3-5-6-7-8-9-10-16(19-17)15-11-12-18-13-14(15)4-2/h11-13,16,19H,3-10,17H2,1-2H3. The summed E-state index contributed by atoms with van der Waals surface area (Å²) in [5.74, 6) is 5.72. The Balaban J connectivity index is 2.40. The first-order chi connectivity index (χ1) is 9.33. The smallest absolute Gasteiger partial charge is 0.0463 e. The molecule has 3 heteroatoms. The van der Waals surface area contributed by atoms with Gasteiger partial charge in [-0.2, -0.15) is 0 Å². The topological polar surface area (TPSA) is 50.9 Å². The summed E-state index contributed by atoms with van der Waals surface area (Å²) in [6.07, 6.45) is 13.9. The minimum Gasteiger partial charge on any atom is -0.271 e. The van der Waals surface area contributed by atoms with Crippen LogP contribution < -0.4 is 11.3 Å². The highest BCUT2D eigenvalue weighted by atomic mass is 15.2. The van der Waals surface area contributed by atoms with Gasteiger partial charge in [0.1, 0.15) is 0 Å². The van der Waals surface area contributed by atoms with Crippen LogP contribution in [-0.2, 0) is 6.42 Å². The van der Waals surface area contributed by atoms with Crippen LogP contribution in [-0.4, -0.2) is 4.98 Å². The SMILES string of the molecule is CCCCCCCCC(NN)c1ccncc1CC. The van der Waals surface area contributed by atoms with Crippen LogP contribution in [0, 0.1) is 0 Å². The van der Waals surface area contributed by atoms with Gasteiger partial charge < -0.3 is 0 Å². The molecule has 1 aromatic rings. The number of nitrogens with one attached hydrogen (secondary N) is 1. The summed E-state index contributed by atoms with van der Waals surface area (Å²) >= 11 is 0. The van der Waals surface area contributed by atoms with E-state index in [9.17, 15) is 0 Å². The molecule has 0 aliphatic carbocycles. The van der Waals surface area contributed by atoms with E-state index in [1.54, 1.807) is 0 Å². The van der Waals surface area contributed by atoms with E-state index >= 15 is 0 Å². The van der Waals surface area contributed by atoms with E-state index in [1.165, 1.54) is 49.7 Å². The molecule has 0 aliphatic heterocycles. The summed E-state index contributed by atoms with van der Waals surface area (Å²) in [7, 11) is 0.